The van der Waals surface area contributed by atoms with Crippen molar-refractivity contribution in [2.24, 2.45) is 0 Å². The first kappa shape index (κ1) is 16.9. The third-order valence-electron chi connectivity index (χ3n) is 4.82. The highest BCUT2D eigenvalue weighted by Gasteiger charge is 2.31. The predicted molar refractivity (Wildman–Crippen MR) is 96.2 cm³/mol. The Morgan fingerprint density at radius 2 is 2.15 bits per heavy atom. The number of imidazole rings is 1. The van der Waals surface area contributed by atoms with Crippen LogP contribution in [0.5, 0.6) is 0 Å². The van der Waals surface area contributed by atoms with Crippen LogP contribution in [0.2, 0.25) is 0 Å². The zero-order chi connectivity index (χ0) is 17.8. The van der Waals surface area contributed by atoms with E-state index in [-0.39, 0.29) is 6.04 Å². The van der Waals surface area contributed by atoms with Gasteiger partial charge in [-0.25, -0.2) is 4.98 Å². The first-order valence-corrected chi connectivity index (χ1v) is 8.96. The van der Waals surface area contributed by atoms with Crippen LogP contribution in [0.15, 0.2) is 47.4 Å². The number of benzene rings is 1. The van der Waals surface area contributed by atoms with Crippen molar-refractivity contribution in [2.45, 2.75) is 32.0 Å². The van der Waals surface area contributed by atoms with Gasteiger partial charge < -0.3 is 13.8 Å². The molecule has 3 aromatic rings. The molecule has 0 saturated carbocycles. The Kier molecular flexibility index (Phi) is 5.08. The topological polar surface area (TPSA) is 69.2 Å². The molecular weight excluding hydrogens is 330 g/mol. The van der Waals surface area contributed by atoms with Crippen LogP contribution < -0.4 is 0 Å². The van der Waals surface area contributed by atoms with E-state index in [1.807, 2.05) is 42.9 Å². The average molecular weight is 353 g/mol. The minimum atomic E-state index is 0.158. The largest absolute Gasteiger partial charge is 0.383 e. The van der Waals surface area contributed by atoms with Crippen molar-refractivity contribution in [3.05, 3.63) is 54.4 Å². The van der Waals surface area contributed by atoms with Gasteiger partial charge in [0.05, 0.1) is 24.7 Å². The van der Waals surface area contributed by atoms with Gasteiger partial charge >= 0.3 is 0 Å². The molecule has 0 spiro atoms. The average Bonchev–Trinajstić information content (AvgIpc) is 3.42. The molecule has 0 unspecified atom stereocenters. The van der Waals surface area contributed by atoms with Gasteiger partial charge in [-0.15, -0.1) is 0 Å². The molecule has 0 radical (unpaired) electrons. The molecule has 7 nitrogen and oxygen atoms in total. The number of aromatic nitrogens is 4. The van der Waals surface area contributed by atoms with Gasteiger partial charge in [0, 0.05) is 32.0 Å². The van der Waals surface area contributed by atoms with Gasteiger partial charge in [0.25, 0.3) is 0 Å². The number of nitrogens with zero attached hydrogens (tertiary/aromatic N) is 5. The van der Waals surface area contributed by atoms with Gasteiger partial charge in [-0.2, -0.15) is 4.98 Å². The second-order valence-electron chi connectivity index (χ2n) is 6.52. The molecular formula is C19H23N5O2. The number of rotatable bonds is 7. The van der Waals surface area contributed by atoms with E-state index in [4.69, 9.17) is 9.26 Å². The smallest absolute Gasteiger partial charge is 0.244 e. The van der Waals surface area contributed by atoms with Crippen LogP contribution in [0.4, 0.5) is 0 Å². The van der Waals surface area contributed by atoms with E-state index < -0.39 is 0 Å². The van der Waals surface area contributed by atoms with Gasteiger partial charge in [-0.3, -0.25) is 4.90 Å². The van der Waals surface area contributed by atoms with Gasteiger partial charge in [0.1, 0.15) is 0 Å². The highest BCUT2D eigenvalue weighted by molar-refractivity contribution is 5.53. The Morgan fingerprint density at radius 3 is 3.00 bits per heavy atom. The third-order valence-corrected chi connectivity index (χ3v) is 4.82. The lowest BCUT2D eigenvalue weighted by molar-refractivity contribution is 0.178. The van der Waals surface area contributed by atoms with Crippen LogP contribution in [-0.4, -0.2) is 44.9 Å². The highest BCUT2D eigenvalue weighted by atomic mass is 16.5. The van der Waals surface area contributed by atoms with Crippen molar-refractivity contribution in [3.63, 3.8) is 0 Å². The Hall–Kier alpha value is -2.51. The van der Waals surface area contributed by atoms with E-state index in [2.05, 4.69) is 24.6 Å². The lowest BCUT2D eigenvalue weighted by Gasteiger charge is -2.21. The van der Waals surface area contributed by atoms with Gasteiger partial charge in [0.2, 0.25) is 11.7 Å². The number of hydrogen-bond donors (Lipinski definition) is 0. The van der Waals surface area contributed by atoms with Crippen molar-refractivity contribution in [2.75, 3.05) is 20.3 Å². The second kappa shape index (κ2) is 7.80. The van der Waals surface area contributed by atoms with Crippen molar-refractivity contribution in [1.82, 2.24) is 24.6 Å². The van der Waals surface area contributed by atoms with E-state index in [9.17, 15) is 0 Å². The summed E-state index contributed by atoms with van der Waals surface area (Å²) in [6.07, 6.45) is 5.94. The first-order chi connectivity index (χ1) is 12.8. The number of methoxy groups -OCH3 is 1. The zero-order valence-electron chi connectivity index (χ0n) is 14.9. The van der Waals surface area contributed by atoms with E-state index in [0.29, 0.717) is 18.3 Å². The fourth-order valence-electron chi connectivity index (χ4n) is 3.45. The lowest BCUT2D eigenvalue weighted by atomic mass is 10.2. The summed E-state index contributed by atoms with van der Waals surface area (Å²) in [6, 6.07) is 10.1. The fraction of sp³-hybridized carbons (Fsp3) is 0.421. The predicted octanol–water partition coefficient (Wildman–Crippen LogP) is 2.92. The summed E-state index contributed by atoms with van der Waals surface area (Å²) in [6.45, 7) is 3.32. The number of hydrogen-bond acceptors (Lipinski definition) is 6. The van der Waals surface area contributed by atoms with Crippen molar-refractivity contribution >= 4 is 0 Å². The molecule has 26 heavy (non-hydrogen) atoms. The molecule has 0 bridgehead atoms. The molecule has 1 saturated heterocycles. The fourth-order valence-corrected chi connectivity index (χ4v) is 3.45. The monoisotopic (exact) mass is 353 g/mol. The van der Waals surface area contributed by atoms with Gasteiger partial charge in [-0.05, 0) is 19.4 Å². The lowest BCUT2D eigenvalue weighted by Crippen LogP contribution is -2.24. The van der Waals surface area contributed by atoms with Gasteiger partial charge in [0.15, 0.2) is 0 Å². The maximum absolute atomic E-state index is 5.60. The van der Waals surface area contributed by atoms with Crippen LogP contribution in [0.1, 0.15) is 30.5 Å². The van der Waals surface area contributed by atoms with Crippen molar-refractivity contribution in [3.8, 4) is 11.4 Å². The summed E-state index contributed by atoms with van der Waals surface area (Å²) in [5.41, 5.74) is 2.15. The molecule has 7 heteroatoms. The zero-order valence-corrected chi connectivity index (χ0v) is 14.9. The van der Waals surface area contributed by atoms with Crippen LogP contribution in [0, 0.1) is 0 Å². The summed E-state index contributed by atoms with van der Waals surface area (Å²) < 4.78 is 12.9. The highest BCUT2D eigenvalue weighted by Crippen LogP contribution is 2.33. The van der Waals surface area contributed by atoms with Gasteiger partial charge in [-0.1, -0.05) is 35.5 Å². The molecule has 0 aliphatic carbocycles. The number of ether oxygens (including phenoxy) is 1. The second-order valence-corrected chi connectivity index (χ2v) is 6.52. The molecule has 1 atom stereocenters. The van der Waals surface area contributed by atoms with E-state index in [0.717, 1.165) is 38.0 Å². The molecule has 0 N–H and O–H groups in total. The van der Waals surface area contributed by atoms with Crippen LogP contribution >= 0.6 is 0 Å². The summed E-state index contributed by atoms with van der Waals surface area (Å²) in [7, 11) is 1.72. The Morgan fingerprint density at radius 1 is 1.27 bits per heavy atom. The Balaban J connectivity index is 1.49. The molecule has 3 heterocycles. The van der Waals surface area contributed by atoms with Crippen molar-refractivity contribution in [1.29, 1.82) is 0 Å². The minimum Gasteiger partial charge on any atom is -0.383 e. The maximum Gasteiger partial charge on any atom is 0.244 e. The van der Waals surface area contributed by atoms with Crippen LogP contribution in [-0.2, 0) is 17.8 Å². The molecule has 0 amide bonds. The first-order valence-electron chi connectivity index (χ1n) is 8.96. The maximum atomic E-state index is 5.60. The molecule has 1 fully saturated rings. The normalized spacial score (nSPS) is 17.8. The van der Waals surface area contributed by atoms with Crippen LogP contribution in [0.3, 0.4) is 0 Å². The molecule has 2 aromatic heterocycles. The number of likely N-dealkylation sites (tertiary alicyclic amines) is 1. The Bertz CT molecular complexity index is 829. The summed E-state index contributed by atoms with van der Waals surface area (Å²) >= 11 is 0. The molecule has 1 aromatic carbocycles. The quantitative estimate of drug-likeness (QED) is 0.650. The van der Waals surface area contributed by atoms with E-state index in [1.54, 1.807) is 7.11 Å². The molecule has 4 rings (SSSR count). The van der Waals surface area contributed by atoms with Crippen LogP contribution in [0.25, 0.3) is 11.4 Å². The standard InChI is InChI=1S/C19H23N5O2/c1-25-11-10-24-14-20-12-16(24)13-23-9-5-8-17(23)19-21-18(22-26-19)15-6-3-2-4-7-15/h2-4,6-7,12,14,17H,5,8-11,13H2,1H3/t17-/m0/s1. The third kappa shape index (κ3) is 3.54. The van der Waals surface area contributed by atoms with E-state index >= 15 is 0 Å². The molecule has 1 aliphatic rings. The van der Waals surface area contributed by atoms with E-state index in [1.165, 1.54) is 5.69 Å². The minimum absolute atomic E-state index is 0.158. The SMILES string of the molecule is COCCn1cncc1CN1CCC[C@H]1c1nc(-c2ccccc2)no1. The molecule has 136 valence electrons. The Labute approximate surface area is 152 Å². The van der Waals surface area contributed by atoms with Crippen molar-refractivity contribution < 1.29 is 9.26 Å². The summed E-state index contributed by atoms with van der Waals surface area (Å²) in [5, 5.41) is 4.17. The summed E-state index contributed by atoms with van der Waals surface area (Å²) in [4.78, 5) is 11.3. The summed E-state index contributed by atoms with van der Waals surface area (Å²) in [5.74, 6) is 1.35. The molecule has 1 aliphatic heterocycles.